The van der Waals surface area contributed by atoms with E-state index in [1.807, 2.05) is 0 Å². The van der Waals surface area contributed by atoms with Crippen LogP contribution in [-0.2, 0) is 14.6 Å². The van der Waals surface area contributed by atoms with E-state index in [9.17, 15) is 23.3 Å². The Kier molecular flexibility index (Phi) is 4.76. The number of nitriles is 1. The molecule has 1 aromatic carbocycles. The number of nitro benzene ring substituents is 1. The maximum absolute atomic E-state index is 12.0. The van der Waals surface area contributed by atoms with Crippen molar-refractivity contribution >= 4 is 27.5 Å². The molecule has 8 nitrogen and oxygen atoms in total. The highest BCUT2D eigenvalue weighted by molar-refractivity contribution is 7.91. The van der Waals surface area contributed by atoms with Gasteiger partial charge in [-0.3, -0.25) is 14.9 Å². The normalized spacial score (nSPS) is 19.8. The fourth-order valence-electron chi connectivity index (χ4n) is 2.18. The largest absolute Gasteiger partial charge is 0.348 e. The minimum atomic E-state index is -3.13. The van der Waals surface area contributed by atoms with Gasteiger partial charge in [0.2, 0.25) is 0 Å². The van der Waals surface area contributed by atoms with Gasteiger partial charge in [-0.2, -0.15) is 5.26 Å². The van der Waals surface area contributed by atoms with Crippen molar-refractivity contribution in [1.29, 1.82) is 5.26 Å². The number of hydrogen-bond acceptors (Lipinski definition) is 6. The lowest BCUT2D eigenvalue weighted by Gasteiger charge is -2.09. The quantitative estimate of drug-likeness (QED) is 0.375. The number of non-ortho nitro benzene ring substituents is 1. The molecule has 1 heterocycles. The van der Waals surface area contributed by atoms with Gasteiger partial charge in [0.1, 0.15) is 11.6 Å². The molecule has 0 aromatic heterocycles. The van der Waals surface area contributed by atoms with Gasteiger partial charge in [-0.15, -0.1) is 0 Å². The molecule has 0 spiro atoms. The monoisotopic (exact) mass is 335 g/mol. The molecule has 9 heteroatoms. The topological polar surface area (TPSA) is 130 Å². The molecule has 1 amide bonds. The third-order valence-electron chi connectivity index (χ3n) is 3.35. The summed E-state index contributed by atoms with van der Waals surface area (Å²) in [7, 11) is -3.13. The first kappa shape index (κ1) is 16.6. The van der Waals surface area contributed by atoms with Crippen molar-refractivity contribution in [3.8, 4) is 6.07 Å². The molecule has 0 saturated carbocycles. The molecule has 1 aromatic rings. The second-order valence-electron chi connectivity index (χ2n) is 5.09. The Morgan fingerprint density at radius 1 is 1.39 bits per heavy atom. The van der Waals surface area contributed by atoms with Crippen LogP contribution in [-0.4, -0.2) is 36.8 Å². The van der Waals surface area contributed by atoms with Crippen molar-refractivity contribution in [2.45, 2.75) is 12.5 Å². The highest BCUT2D eigenvalue weighted by Crippen LogP contribution is 2.15. The van der Waals surface area contributed by atoms with Gasteiger partial charge in [0.25, 0.3) is 11.6 Å². The summed E-state index contributed by atoms with van der Waals surface area (Å²) in [6.45, 7) is 0. The van der Waals surface area contributed by atoms with Crippen LogP contribution in [0, 0.1) is 21.4 Å². The number of carbonyl (C=O) groups is 1. The fraction of sp³-hybridized carbons (Fsp3) is 0.286. The number of amides is 1. The highest BCUT2D eigenvalue weighted by atomic mass is 32.2. The number of nitro groups is 1. The Morgan fingerprint density at radius 3 is 2.52 bits per heavy atom. The molecule has 1 aliphatic heterocycles. The maximum Gasteiger partial charge on any atom is 0.269 e. The fourth-order valence-corrected chi connectivity index (χ4v) is 3.85. The molecule has 1 fully saturated rings. The van der Waals surface area contributed by atoms with E-state index in [2.05, 4.69) is 5.32 Å². The van der Waals surface area contributed by atoms with Crippen molar-refractivity contribution in [2.75, 3.05) is 11.5 Å². The van der Waals surface area contributed by atoms with Crippen molar-refractivity contribution in [1.82, 2.24) is 5.32 Å². The minimum absolute atomic E-state index is 0.0197. The van der Waals surface area contributed by atoms with Crippen LogP contribution in [0.15, 0.2) is 29.8 Å². The van der Waals surface area contributed by atoms with Gasteiger partial charge in [-0.05, 0) is 30.2 Å². The Labute approximate surface area is 132 Å². The van der Waals surface area contributed by atoms with E-state index in [0.717, 1.165) is 0 Å². The van der Waals surface area contributed by atoms with Crippen LogP contribution in [0.25, 0.3) is 6.08 Å². The maximum atomic E-state index is 12.0. The molecule has 2 rings (SSSR count). The summed E-state index contributed by atoms with van der Waals surface area (Å²) < 4.78 is 22.7. The lowest BCUT2D eigenvalue weighted by atomic mass is 10.1. The predicted octanol–water partition coefficient (Wildman–Crippen LogP) is 0.805. The zero-order valence-electron chi connectivity index (χ0n) is 11.9. The van der Waals surface area contributed by atoms with Crippen LogP contribution in [0.3, 0.4) is 0 Å². The van der Waals surface area contributed by atoms with Crippen LogP contribution in [0.5, 0.6) is 0 Å². The predicted molar refractivity (Wildman–Crippen MR) is 81.9 cm³/mol. The van der Waals surface area contributed by atoms with Crippen LogP contribution in [0.2, 0.25) is 0 Å². The van der Waals surface area contributed by atoms with E-state index in [1.54, 1.807) is 6.07 Å². The van der Waals surface area contributed by atoms with E-state index in [0.29, 0.717) is 12.0 Å². The first-order chi connectivity index (χ1) is 10.8. The number of rotatable bonds is 4. The Hall–Kier alpha value is -2.73. The minimum Gasteiger partial charge on any atom is -0.348 e. The van der Waals surface area contributed by atoms with Crippen LogP contribution in [0.4, 0.5) is 5.69 Å². The van der Waals surface area contributed by atoms with Gasteiger partial charge in [-0.25, -0.2) is 8.42 Å². The molecule has 1 atom stereocenters. The summed E-state index contributed by atoms with van der Waals surface area (Å²) in [5.74, 6) is -0.770. The zero-order valence-corrected chi connectivity index (χ0v) is 12.7. The molecule has 1 aliphatic rings. The SMILES string of the molecule is N#C/C(=C\c1ccc([N+](=O)[O-])cc1)C(=O)NC1CCS(=O)(=O)C1. The summed E-state index contributed by atoms with van der Waals surface area (Å²) in [4.78, 5) is 22.0. The van der Waals surface area contributed by atoms with E-state index < -0.39 is 26.7 Å². The lowest BCUT2D eigenvalue weighted by Crippen LogP contribution is -2.36. The van der Waals surface area contributed by atoms with Gasteiger partial charge in [0, 0.05) is 18.2 Å². The smallest absolute Gasteiger partial charge is 0.269 e. The molecule has 0 bridgehead atoms. The number of nitrogens with zero attached hydrogens (tertiary/aromatic N) is 2. The van der Waals surface area contributed by atoms with Crippen LogP contribution in [0.1, 0.15) is 12.0 Å². The average Bonchev–Trinajstić information content (AvgIpc) is 2.83. The molecule has 120 valence electrons. The van der Waals surface area contributed by atoms with Gasteiger partial charge >= 0.3 is 0 Å². The van der Waals surface area contributed by atoms with Crippen molar-refractivity contribution in [3.05, 3.63) is 45.5 Å². The number of sulfone groups is 1. The van der Waals surface area contributed by atoms with Crippen molar-refractivity contribution in [3.63, 3.8) is 0 Å². The first-order valence-corrected chi connectivity index (χ1v) is 8.50. The molecular weight excluding hydrogens is 322 g/mol. The molecular formula is C14H13N3O5S. The van der Waals surface area contributed by atoms with E-state index in [-0.39, 0.29) is 22.8 Å². The molecule has 0 radical (unpaired) electrons. The average molecular weight is 335 g/mol. The van der Waals surface area contributed by atoms with Crippen molar-refractivity contribution < 1.29 is 18.1 Å². The Bertz CT molecular complexity index is 806. The summed E-state index contributed by atoms with van der Waals surface area (Å²) >= 11 is 0. The number of hydrogen-bond donors (Lipinski definition) is 1. The van der Waals surface area contributed by atoms with Gasteiger partial charge in [0.15, 0.2) is 9.84 Å². The number of carbonyl (C=O) groups excluding carboxylic acids is 1. The summed E-state index contributed by atoms with van der Waals surface area (Å²) in [6, 6.07) is 6.62. The van der Waals surface area contributed by atoms with Crippen LogP contribution >= 0.6 is 0 Å². The molecule has 0 aliphatic carbocycles. The van der Waals surface area contributed by atoms with Crippen LogP contribution < -0.4 is 5.32 Å². The third-order valence-corrected chi connectivity index (χ3v) is 5.12. The Morgan fingerprint density at radius 2 is 2.04 bits per heavy atom. The van der Waals surface area contributed by atoms with Gasteiger partial charge < -0.3 is 5.32 Å². The molecule has 23 heavy (non-hydrogen) atoms. The molecule has 1 unspecified atom stereocenters. The number of nitrogens with one attached hydrogen (secondary N) is 1. The second-order valence-corrected chi connectivity index (χ2v) is 7.32. The van der Waals surface area contributed by atoms with Crippen molar-refractivity contribution in [2.24, 2.45) is 0 Å². The van der Waals surface area contributed by atoms with Gasteiger partial charge in [-0.1, -0.05) is 0 Å². The van der Waals surface area contributed by atoms with E-state index in [1.165, 1.54) is 30.3 Å². The summed E-state index contributed by atoms with van der Waals surface area (Å²) in [5, 5.41) is 22.2. The Balaban J connectivity index is 2.11. The van der Waals surface area contributed by atoms with E-state index >= 15 is 0 Å². The summed E-state index contributed by atoms with van der Waals surface area (Å²) in [5.41, 5.74) is 0.172. The van der Waals surface area contributed by atoms with Gasteiger partial charge in [0.05, 0.1) is 16.4 Å². The number of benzene rings is 1. The molecule has 1 saturated heterocycles. The lowest BCUT2D eigenvalue weighted by molar-refractivity contribution is -0.384. The molecule has 1 N–H and O–H groups in total. The first-order valence-electron chi connectivity index (χ1n) is 6.68. The standard InChI is InChI=1S/C14H13N3O5S/c15-8-11(7-10-1-3-13(4-2-10)17(19)20)14(18)16-12-5-6-23(21,22)9-12/h1-4,7,12H,5-6,9H2,(H,16,18)/b11-7+. The second kappa shape index (κ2) is 6.58. The zero-order chi connectivity index (χ0) is 17.0. The highest BCUT2D eigenvalue weighted by Gasteiger charge is 2.29. The van der Waals surface area contributed by atoms with E-state index in [4.69, 9.17) is 5.26 Å². The third kappa shape index (κ3) is 4.37. The summed E-state index contributed by atoms with van der Waals surface area (Å²) in [6.07, 6.45) is 1.62.